The fourth-order valence-electron chi connectivity index (χ4n) is 0.483. The SMILES string of the molecule is CONC(=O)CCC(=O)OC. The van der Waals surface area contributed by atoms with E-state index in [2.05, 4.69) is 15.1 Å². The molecule has 64 valence electrons. The van der Waals surface area contributed by atoms with E-state index in [0.29, 0.717) is 0 Å². The molecule has 5 heteroatoms. The molecule has 0 aromatic rings. The van der Waals surface area contributed by atoms with Crippen molar-refractivity contribution in [2.24, 2.45) is 0 Å². The molecule has 1 N–H and O–H groups in total. The number of nitrogens with one attached hydrogen (secondary N) is 1. The van der Waals surface area contributed by atoms with Gasteiger partial charge in [0, 0.05) is 6.42 Å². The third-order valence-corrected chi connectivity index (χ3v) is 1.000. The second kappa shape index (κ2) is 5.67. The molecular formula is C6H11NO4. The molecule has 0 unspecified atom stereocenters. The molecule has 0 radical (unpaired) electrons. The molecule has 0 rings (SSSR count). The lowest BCUT2D eigenvalue weighted by molar-refractivity contribution is -0.143. The minimum absolute atomic E-state index is 0.0751. The number of hydrogen-bond donors (Lipinski definition) is 1. The second-order valence-electron chi connectivity index (χ2n) is 1.81. The van der Waals surface area contributed by atoms with E-state index >= 15 is 0 Å². The van der Waals surface area contributed by atoms with Crippen molar-refractivity contribution in [1.29, 1.82) is 0 Å². The monoisotopic (exact) mass is 161 g/mol. The summed E-state index contributed by atoms with van der Waals surface area (Å²) in [7, 11) is 2.60. The highest BCUT2D eigenvalue weighted by Crippen LogP contribution is 1.90. The van der Waals surface area contributed by atoms with E-state index in [4.69, 9.17) is 0 Å². The molecule has 0 spiro atoms. The highest BCUT2D eigenvalue weighted by atomic mass is 16.6. The molecular weight excluding hydrogens is 150 g/mol. The van der Waals surface area contributed by atoms with E-state index in [0.717, 1.165) is 0 Å². The van der Waals surface area contributed by atoms with E-state index in [1.807, 2.05) is 0 Å². The van der Waals surface area contributed by atoms with Crippen molar-refractivity contribution in [2.75, 3.05) is 14.2 Å². The van der Waals surface area contributed by atoms with Crippen LogP contribution in [0.25, 0.3) is 0 Å². The standard InChI is InChI=1S/C6H11NO4/c1-10-6(9)4-3-5(8)7-11-2/h3-4H2,1-2H3,(H,7,8). The molecule has 5 nitrogen and oxygen atoms in total. The molecule has 11 heavy (non-hydrogen) atoms. The molecule has 0 saturated heterocycles. The lowest BCUT2D eigenvalue weighted by Gasteiger charge is -1.99. The van der Waals surface area contributed by atoms with Crippen molar-refractivity contribution in [3.8, 4) is 0 Å². The van der Waals surface area contributed by atoms with Crippen LogP contribution in [0.1, 0.15) is 12.8 Å². The Labute approximate surface area is 64.6 Å². The van der Waals surface area contributed by atoms with Gasteiger partial charge in [0.15, 0.2) is 0 Å². The number of carbonyl (C=O) groups is 2. The van der Waals surface area contributed by atoms with Gasteiger partial charge < -0.3 is 4.74 Å². The van der Waals surface area contributed by atoms with Crippen LogP contribution in [0, 0.1) is 0 Å². The normalized spacial score (nSPS) is 8.91. The molecule has 0 aliphatic heterocycles. The highest BCUT2D eigenvalue weighted by Gasteiger charge is 2.04. The van der Waals surface area contributed by atoms with E-state index in [1.54, 1.807) is 0 Å². The molecule has 0 atom stereocenters. The van der Waals surface area contributed by atoms with Gasteiger partial charge in [-0.3, -0.25) is 14.4 Å². The molecule has 1 amide bonds. The fraction of sp³-hybridized carbons (Fsp3) is 0.667. The van der Waals surface area contributed by atoms with Crippen LogP contribution < -0.4 is 5.48 Å². The Morgan fingerprint density at radius 1 is 1.27 bits per heavy atom. The maximum Gasteiger partial charge on any atom is 0.306 e. The first-order chi connectivity index (χ1) is 5.20. The van der Waals surface area contributed by atoms with Crippen molar-refractivity contribution < 1.29 is 19.2 Å². The van der Waals surface area contributed by atoms with E-state index in [9.17, 15) is 9.59 Å². The summed E-state index contributed by atoms with van der Waals surface area (Å²) < 4.78 is 4.32. The van der Waals surface area contributed by atoms with E-state index < -0.39 is 5.97 Å². The second-order valence-corrected chi connectivity index (χ2v) is 1.81. The first-order valence-corrected chi connectivity index (χ1v) is 3.09. The van der Waals surface area contributed by atoms with Gasteiger partial charge in [0.2, 0.25) is 5.91 Å². The van der Waals surface area contributed by atoms with Crippen LogP contribution in [-0.2, 0) is 19.2 Å². The zero-order valence-electron chi connectivity index (χ0n) is 6.55. The van der Waals surface area contributed by atoms with Crippen LogP contribution in [0.2, 0.25) is 0 Å². The summed E-state index contributed by atoms with van der Waals surface area (Å²) in [5, 5.41) is 0. The highest BCUT2D eigenvalue weighted by molar-refractivity contribution is 5.80. The molecule has 0 bridgehead atoms. The molecule has 0 fully saturated rings. The summed E-state index contributed by atoms with van der Waals surface area (Å²) >= 11 is 0. The third kappa shape index (κ3) is 5.35. The van der Waals surface area contributed by atoms with Gasteiger partial charge in [-0.25, -0.2) is 5.48 Å². The van der Waals surface area contributed by atoms with Gasteiger partial charge in [-0.1, -0.05) is 0 Å². The minimum atomic E-state index is -0.406. The molecule has 0 aromatic carbocycles. The summed E-state index contributed by atoms with van der Waals surface area (Å²) in [6.07, 6.45) is 0.159. The van der Waals surface area contributed by atoms with Crippen molar-refractivity contribution in [3.05, 3.63) is 0 Å². The molecule has 0 heterocycles. The van der Waals surface area contributed by atoms with Gasteiger partial charge in [0.25, 0.3) is 0 Å². The average molecular weight is 161 g/mol. The summed E-state index contributed by atoms with van der Waals surface area (Å²) in [5.74, 6) is -0.742. The largest absolute Gasteiger partial charge is 0.469 e. The number of hydroxylamine groups is 1. The van der Waals surface area contributed by atoms with Gasteiger partial charge in [-0.15, -0.1) is 0 Å². The van der Waals surface area contributed by atoms with Crippen LogP contribution >= 0.6 is 0 Å². The molecule has 0 aromatic heterocycles. The summed E-state index contributed by atoms with van der Waals surface area (Å²) in [6.45, 7) is 0. The van der Waals surface area contributed by atoms with E-state index in [1.165, 1.54) is 14.2 Å². The first-order valence-electron chi connectivity index (χ1n) is 3.09. The fourth-order valence-corrected chi connectivity index (χ4v) is 0.483. The molecule has 0 aliphatic carbocycles. The van der Waals surface area contributed by atoms with Crippen LogP contribution in [0.5, 0.6) is 0 Å². The van der Waals surface area contributed by atoms with Gasteiger partial charge in [-0.05, 0) is 0 Å². The Balaban J connectivity index is 3.38. The van der Waals surface area contributed by atoms with Crippen LogP contribution in [0.3, 0.4) is 0 Å². The maximum absolute atomic E-state index is 10.6. The van der Waals surface area contributed by atoms with Crippen molar-refractivity contribution in [2.45, 2.75) is 12.8 Å². The lowest BCUT2D eigenvalue weighted by Crippen LogP contribution is -2.22. The smallest absolute Gasteiger partial charge is 0.306 e. The molecule has 0 saturated carbocycles. The number of rotatable bonds is 4. The van der Waals surface area contributed by atoms with Crippen molar-refractivity contribution in [1.82, 2.24) is 5.48 Å². The van der Waals surface area contributed by atoms with E-state index in [-0.39, 0.29) is 18.7 Å². The van der Waals surface area contributed by atoms with Gasteiger partial charge in [-0.2, -0.15) is 0 Å². The van der Waals surface area contributed by atoms with Crippen molar-refractivity contribution in [3.63, 3.8) is 0 Å². The minimum Gasteiger partial charge on any atom is -0.469 e. The Morgan fingerprint density at radius 3 is 2.36 bits per heavy atom. The average Bonchev–Trinajstić information content (AvgIpc) is 2.01. The first kappa shape index (κ1) is 9.90. The lowest BCUT2D eigenvalue weighted by atomic mass is 10.3. The Morgan fingerprint density at radius 2 is 1.91 bits per heavy atom. The van der Waals surface area contributed by atoms with Crippen LogP contribution in [0.4, 0.5) is 0 Å². The quantitative estimate of drug-likeness (QED) is 0.450. The zero-order chi connectivity index (χ0) is 8.69. The number of amides is 1. The van der Waals surface area contributed by atoms with Gasteiger partial charge in [0.05, 0.1) is 20.6 Å². The summed E-state index contributed by atoms with van der Waals surface area (Å²) in [5.41, 5.74) is 2.08. The summed E-state index contributed by atoms with van der Waals surface area (Å²) in [6, 6.07) is 0. The Hall–Kier alpha value is -1.10. The van der Waals surface area contributed by atoms with Crippen LogP contribution in [0.15, 0.2) is 0 Å². The number of esters is 1. The topological polar surface area (TPSA) is 64.6 Å². The third-order valence-electron chi connectivity index (χ3n) is 1.000. The predicted octanol–water partition coefficient (Wildman–Crippen LogP) is -0.383. The predicted molar refractivity (Wildman–Crippen MR) is 36.4 cm³/mol. The number of carbonyl (C=O) groups excluding carboxylic acids is 2. The maximum atomic E-state index is 10.6. The number of methoxy groups -OCH3 is 1. The van der Waals surface area contributed by atoms with Gasteiger partial charge in [0.1, 0.15) is 0 Å². The van der Waals surface area contributed by atoms with Gasteiger partial charge >= 0.3 is 5.97 Å². The Bertz CT molecular complexity index is 146. The number of hydrogen-bond acceptors (Lipinski definition) is 4. The Kier molecular flexibility index (Phi) is 5.10. The molecule has 0 aliphatic rings. The number of ether oxygens (including phenoxy) is 1. The zero-order valence-corrected chi connectivity index (χ0v) is 6.55. The van der Waals surface area contributed by atoms with Crippen LogP contribution in [-0.4, -0.2) is 26.1 Å². The summed E-state index contributed by atoms with van der Waals surface area (Å²) in [4.78, 5) is 25.4. The van der Waals surface area contributed by atoms with Crippen molar-refractivity contribution >= 4 is 11.9 Å².